The van der Waals surface area contributed by atoms with Crippen molar-refractivity contribution in [2.75, 3.05) is 5.43 Å². The average Bonchev–Trinajstić information content (AvgIpc) is 2.26. The Morgan fingerprint density at radius 2 is 2.25 bits per heavy atom. The molecule has 0 unspecified atom stereocenters. The molecule has 0 heterocycles. The van der Waals surface area contributed by atoms with Crippen molar-refractivity contribution in [3.8, 4) is 0 Å². The van der Waals surface area contributed by atoms with Crippen LogP contribution in [0.15, 0.2) is 18.2 Å². The Morgan fingerprint density at radius 1 is 1.56 bits per heavy atom. The standard InChI is InChI=1S/C9H10ClN3O3/c1-2-9(14)12-11-8-4-3-6(13(15)16)5-7(8)10/h3-5,11H,2H2,1H3,(H,12,14). The third-order valence-electron chi connectivity index (χ3n) is 1.82. The highest BCUT2D eigenvalue weighted by Gasteiger charge is 2.09. The Morgan fingerprint density at radius 3 is 2.75 bits per heavy atom. The lowest BCUT2D eigenvalue weighted by molar-refractivity contribution is -0.384. The summed E-state index contributed by atoms with van der Waals surface area (Å²) in [7, 11) is 0. The van der Waals surface area contributed by atoms with Crippen LogP contribution in [0.5, 0.6) is 0 Å². The van der Waals surface area contributed by atoms with E-state index in [-0.39, 0.29) is 16.6 Å². The van der Waals surface area contributed by atoms with Gasteiger partial charge in [-0.25, -0.2) is 0 Å². The predicted octanol–water partition coefficient (Wildman–Crippen LogP) is 2.10. The molecule has 0 saturated carbocycles. The number of nitrogens with one attached hydrogen (secondary N) is 2. The van der Waals surface area contributed by atoms with Crippen molar-refractivity contribution in [2.24, 2.45) is 0 Å². The van der Waals surface area contributed by atoms with E-state index in [4.69, 9.17) is 11.6 Å². The first-order valence-electron chi connectivity index (χ1n) is 4.53. The van der Waals surface area contributed by atoms with Gasteiger partial charge in [-0.05, 0) is 6.07 Å². The van der Waals surface area contributed by atoms with Gasteiger partial charge in [0.2, 0.25) is 5.91 Å². The number of nitro benzene ring substituents is 1. The number of rotatable bonds is 4. The van der Waals surface area contributed by atoms with E-state index in [1.807, 2.05) is 0 Å². The summed E-state index contributed by atoms with van der Waals surface area (Å²) in [6, 6.07) is 3.94. The smallest absolute Gasteiger partial charge is 0.271 e. The highest BCUT2D eigenvalue weighted by molar-refractivity contribution is 6.33. The van der Waals surface area contributed by atoms with Crippen molar-refractivity contribution in [1.29, 1.82) is 0 Å². The molecule has 0 fully saturated rings. The van der Waals surface area contributed by atoms with E-state index in [0.29, 0.717) is 12.1 Å². The number of anilines is 1. The number of hydrogen-bond acceptors (Lipinski definition) is 4. The third-order valence-corrected chi connectivity index (χ3v) is 2.13. The lowest BCUT2D eigenvalue weighted by Crippen LogP contribution is -2.28. The van der Waals surface area contributed by atoms with E-state index in [2.05, 4.69) is 10.9 Å². The summed E-state index contributed by atoms with van der Waals surface area (Å²) in [6.45, 7) is 1.70. The van der Waals surface area contributed by atoms with Crippen molar-refractivity contribution < 1.29 is 9.72 Å². The van der Waals surface area contributed by atoms with E-state index >= 15 is 0 Å². The second-order valence-corrected chi connectivity index (χ2v) is 3.36. The quantitative estimate of drug-likeness (QED) is 0.627. The monoisotopic (exact) mass is 243 g/mol. The SMILES string of the molecule is CCC(=O)NNc1ccc([N+](=O)[O-])cc1Cl. The molecule has 0 aromatic heterocycles. The molecule has 86 valence electrons. The van der Waals surface area contributed by atoms with Gasteiger partial charge in [0, 0.05) is 18.6 Å². The van der Waals surface area contributed by atoms with Crippen LogP contribution < -0.4 is 10.9 Å². The van der Waals surface area contributed by atoms with E-state index < -0.39 is 4.92 Å². The van der Waals surface area contributed by atoms with Crippen LogP contribution in [-0.4, -0.2) is 10.8 Å². The second-order valence-electron chi connectivity index (χ2n) is 2.95. The fraction of sp³-hybridized carbons (Fsp3) is 0.222. The number of carbonyl (C=O) groups is 1. The molecule has 7 heteroatoms. The summed E-state index contributed by atoms with van der Waals surface area (Å²) in [5.74, 6) is -0.200. The Hall–Kier alpha value is -1.82. The largest absolute Gasteiger partial charge is 0.297 e. The Labute approximate surface area is 96.7 Å². The molecule has 1 rings (SSSR count). The first kappa shape index (κ1) is 12.3. The topological polar surface area (TPSA) is 84.3 Å². The van der Waals surface area contributed by atoms with Crippen LogP contribution in [0.1, 0.15) is 13.3 Å². The van der Waals surface area contributed by atoms with Gasteiger partial charge in [0.25, 0.3) is 5.69 Å². The van der Waals surface area contributed by atoms with Crippen LogP contribution in [0.4, 0.5) is 11.4 Å². The maximum Gasteiger partial charge on any atom is 0.271 e. The summed E-state index contributed by atoms with van der Waals surface area (Å²) in [6.07, 6.45) is 0.331. The van der Waals surface area contributed by atoms with Crippen LogP contribution >= 0.6 is 11.6 Å². The van der Waals surface area contributed by atoms with Crippen molar-refractivity contribution in [2.45, 2.75) is 13.3 Å². The van der Waals surface area contributed by atoms with Crippen molar-refractivity contribution in [1.82, 2.24) is 5.43 Å². The van der Waals surface area contributed by atoms with Crippen molar-refractivity contribution in [3.05, 3.63) is 33.3 Å². The fourth-order valence-electron chi connectivity index (χ4n) is 0.944. The summed E-state index contributed by atoms with van der Waals surface area (Å²) >= 11 is 5.78. The van der Waals surface area contributed by atoms with Crippen LogP contribution in [0.3, 0.4) is 0 Å². The zero-order chi connectivity index (χ0) is 12.1. The van der Waals surface area contributed by atoms with Gasteiger partial charge in [-0.3, -0.25) is 25.8 Å². The summed E-state index contributed by atoms with van der Waals surface area (Å²) < 4.78 is 0. The highest BCUT2D eigenvalue weighted by Crippen LogP contribution is 2.25. The fourth-order valence-corrected chi connectivity index (χ4v) is 1.17. The number of amides is 1. The number of hydrogen-bond donors (Lipinski definition) is 2. The molecule has 0 radical (unpaired) electrons. The second kappa shape index (κ2) is 5.32. The lowest BCUT2D eigenvalue weighted by atomic mass is 10.3. The molecule has 16 heavy (non-hydrogen) atoms. The van der Waals surface area contributed by atoms with E-state index in [1.165, 1.54) is 18.2 Å². The summed E-state index contributed by atoms with van der Waals surface area (Å²) in [5.41, 5.74) is 5.28. The highest BCUT2D eigenvalue weighted by atomic mass is 35.5. The molecule has 0 bridgehead atoms. The molecule has 0 aliphatic heterocycles. The van der Waals surface area contributed by atoms with E-state index in [0.717, 1.165) is 0 Å². The molecule has 2 N–H and O–H groups in total. The van der Waals surface area contributed by atoms with Gasteiger partial charge in [0.1, 0.15) is 0 Å². The molecular formula is C9H10ClN3O3. The minimum absolute atomic E-state index is 0.0997. The molecule has 0 spiro atoms. The van der Waals surface area contributed by atoms with Crippen molar-refractivity contribution >= 4 is 28.9 Å². The van der Waals surface area contributed by atoms with E-state index in [1.54, 1.807) is 6.92 Å². The molecule has 1 amide bonds. The van der Waals surface area contributed by atoms with Gasteiger partial charge in [-0.2, -0.15) is 0 Å². The molecule has 1 aromatic rings. The zero-order valence-electron chi connectivity index (χ0n) is 8.49. The molecule has 0 atom stereocenters. The van der Waals surface area contributed by atoms with Crippen LogP contribution in [0.2, 0.25) is 5.02 Å². The Balaban J connectivity index is 2.75. The maximum absolute atomic E-state index is 10.9. The molecule has 6 nitrogen and oxygen atoms in total. The number of hydrazine groups is 1. The molecule has 0 aliphatic carbocycles. The minimum Gasteiger partial charge on any atom is -0.297 e. The van der Waals surface area contributed by atoms with Crippen molar-refractivity contribution in [3.63, 3.8) is 0 Å². The minimum atomic E-state index is -0.541. The maximum atomic E-state index is 10.9. The Kier molecular flexibility index (Phi) is 4.07. The first-order valence-corrected chi connectivity index (χ1v) is 4.91. The number of halogens is 1. The van der Waals surface area contributed by atoms with Gasteiger partial charge in [-0.1, -0.05) is 18.5 Å². The van der Waals surface area contributed by atoms with Gasteiger partial charge < -0.3 is 0 Å². The zero-order valence-corrected chi connectivity index (χ0v) is 9.25. The van der Waals surface area contributed by atoms with Gasteiger partial charge >= 0.3 is 0 Å². The third kappa shape index (κ3) is 3.09. The van der Waals surface area contributed by atoms with Crippen LogP contribution in [0, 0.1) is 10.1 Å². The number of nitrogens with zero attached hydrogens (tertiary/aromatic N) is 1. The predicted molar refractivity (Wildman–Crippen MR) is 60.2 cm³/mol. The van der Waals surface area contributed by atoms with Gasteiger partial charge in [-0.15, -0.1) is 0 Å². The molecular weight excluding hydrogens is 234 g/mol. The Bertz CT molecular complexity index is 422. The van der Waals surface area contributed by atoms with Gasteiger partial charge in [0.15, 0.2) is 0 Å². The van der Waals surface area contributed by atoms with Crippen LogP contribution in [0.25, 0.3) is 0 Å². The molecule has 0 saturated heterocycles. The number of non-ortho nitro benzene ring substituents is 1. The lowest BCUT2D eigenvalue weighted by Gasteiger charge is -2.08. The van der Waals surface area contributed by atoms with Crippen LogP contribution in [-0.2, 0) is 4.79 Å². The normalized spacial score (nSPS) is 9.62. The number of benzene rings is 1. The number of nitro groups is 1. The number of carbonyl (C=O) groups excluding carboxylic acids is 1. The molecule has 1 aromatic carbocycles. The summed E-state index contributed by atoms with van der Waals surface area (Å²) in [5, 5.41) is 10.6. The average molecular weight is 244 g/mol. The summed E-state index contributed by atoms with van der Waals surface area (Å²) in [4.78, 5) is 20.8. The van der Waals surface area contributed by atoms with E-state index in [9.17, 15) is 14.9 Å². The molecule has 0 aliphatic rings. The van der Waals surface area contributed by atoms with Gasteiger partial charge in [0.05, 0.1) is 15.6 Å². The first-order chi connectivity index (χ1) is 7.54.